The van der Waals surface area contributed by atoms with E-state index in [2.05, 4.69) is 10.5 Å². The predicted molar refractivity (Wildman–Crippen MR) is 138 cm³/mol. The molecule has 0 saturated heterocycles. The molecule has 0 saturated carbocycles. The highest BCUT2D eigenvalue weighted by molar-refractivity contribution is 7.21. The van der Waals surface area contributed by atoms with Crippen LogP contribution in [0.5, 0.6) is 0 Å². The highest BCUT2D eigenvalue weighted by Gasteiger charge is 2.14. The van der Waals surface area contributed by atoms with Gasteiger partial charge in [-0.3, -0.25) is 14.9 Å². The number of aromatic nitrogens is 1. The van der Waals surface area contributed by atoms with Gasteiger partial charge in [0.15, 0.2) is 0 Å². The molecule has 1 N–H and O–H groups in total. The van der Waals surface area contributed by atoms with Crippen LogP contribution in [0.2, 0.25) is 0 Å². The molecule has 174 valence electrons. The van der Waals surface area contributed by atoms with Crippen molar-refractivity contribution in [2.75, 3.05) is 0 Å². The topological polar surface area (TPSA) is 111 Å². The van der Waals surface area contributed by atoms with Crippen molar-refractivity contribution in [1.82, 2.24) is 10.4 Å². The normalized spacial score (nSPS) is 11.8. The van der Waals surface area contributed by atoms with Crippen LogP contribution in [0.4, 0.5) is 5.69 Å². The number of nitro benzene ring substituents is 1. The van der Waals surface area contributed by atoms with Crippen LogP contribution in [0.1, 0.15) is 10.4 Å². The molecule has 0 bridgehead atoms. The Hall–Kier alpha value is -4.89. The average Bonchev–Trinajstić information content (AvgIpc) is 3.35. The number of nitro groups is 1. The minimum Gasteiger partial charge on any atom is -0.436 e. The molecule has 0 fully saturated rings. The molecule has 0 aliphatic rings. The van der Waals surface area contributed by atoms with Gasteiger partial charge in [-0.2, -0.15) is 0 Å². The second kappa shape index (κ2) is 8.71. The molecular formula is C27H16N4O4S. The van der Waals surface area contributed by atoms with Crippen LogP contribution in [0.3, 0.4) is 0 Å². The molecule has 2 aromatic heterocycles. The van der Waals surface area contributed by atoms with E-state index in [9.17, 15) is 14.9 Å². The SMILES string of the molecule is O=C(NN=c1oc2ccc3ccccc3c2cc1-c1nc2ccccc2s1)c1ccc([N+](=O)[O-])cc1. The van der Waals surface area contributed by atoms with Crippen LogP contribution < -0.4 is 11.0 Å². The van der Waals surface area contributed by atoms with Gasteiger partial charge in [-0.15, -0.1) is 16.4 Å². The highest BCUT2D eigenvalue weighted by atomic mass is 32.1. The number of para-hydroxylation sites is 1. The summed E-state index contributed by atoms with van der Waals surface area (Å²) < 4.78 is 7.20. The lowest BCUT2D eigenvalue weighted by Gasteiger charge is -2.06. The predicted octanol–water partition coefficient (Wildman–Crippen LogP) is 6.02. The first-order chi connectivity index (χ1) is 17.6. The summed E-state index contributed by atoms with van der Waals surface area (Å²) in [6, 6.07) is 27.0. The minimum atomic E-state index is -0.520. The second-order valence-corrected chi connectivity index (χ2v) is 9.04. The summed E-state index contributed by atoms with van der Waals surface area (Å²) in [6.07, 6.45) is 0. The molecule has 0 aliphatic carbocycles. The number of hydrogen-bond acceptors (Lipinski definition) is 7. The van der Waals surface area contributed by atoms with Crippen molar-refractivity contribution in [3.8, 4) is 10.6 Å². The fourth-order valence-corrected chi connectivity index (χ4v) is 4.98. The monoisotopic (exact) mass is 492 g/mol. The number of nitrogens with zero attached hydrogens (tertiary/aromatic N) is 3. The largest absolute Gasteiger partial charge is 0.436 e. The number of hydrogen-bond donors (Lipinski definition) is 1. The van der Waals surface area contributed by atoms with Gasteiger partial charge in [0, 0.05) is 23.1 Å². The van der Waals surface area contributed by atoms with Gasteiger partial charge in [-0.25, -0.2) is 10.4 Å². The van der Waals surface area contributed by atoms with Gasteiger partial charge in [0.05, 0.1) is 20.7 Å². The number of carbonyl (C=O) groups excluding carboxylic acids is 1. The Morgan fingerprint density at radius 3 is 2.53 bits per heavy atom. The van der Waals surface area contributed by atoms with E-state index >= 15 is 0 Å². The van der Waals surface area contributed by atoms with E-state index in [-0.39, 0.29) is 16.8 Å². The van der Waals surface area contributed by atoms with Crippen LogP contribution in [-0.4, -0.2) is 15.8 Å². The van der Waals surface area contributed by atoms with Gasteiger partial charge in [-0.1, -0.05) is 42.5 Å². The zero-order chi connectivity index (χ0) is 24.6. The molecular weight excluding hydrogens is 476 g/mol. The first kappa shape index (κ1) is 21.6. The molecule has 0 atom stereocenters. The van der Waals surface area contributed by atoms with E-state index in [1.54, 1.807) is 0 Å². The Bertz CT molecular complexity index is 1840. The molecule has 0 radical (unpaired) electrons. The summed E-state index contributed by atoms with van der Waals surface area (Å²) in [6.45, 7) is 0. The van der Waals surface area contributed by atoms with Gasteiger partial charge < -0.3 is 4.42 Å². The summed E-state index contributed by atoms with van der Waals surface area (Å²) in [5.41, 5.74) is 4.96. The summed E-state index contributed by atoms with van der Waals surface area (Å²) in [4.78, 5) is 27.8. The number of thiazole rings is 1. The van der Waals surface area contributed by atoms with Crippen LogP contribution in [0, 0.1) is 10.1 Å². The zero-order valence-electron chi connectivity index (χ0n) is 18.5. The van der Waals surface area contributed by atoms with Gasteiger partial charge >= 0.3 is 0 Å². The van der Waals surface area contributed by atoms with Crippen LogP contribution in [-0.2, 0) is 0 Å². The summed E-state index contributed by atoms with van der Waals surface area (Å²) in [5, 5.41) is 18.9. The molecule has 0 spiro atoms. The quantitative estimate of drug-likeness (QED) is 0.184. The third-order valence-electron chi connectivity index (χ3n) is 5.78. The van der Waals surface area contributed by atoms with Gasteiger partial charge in [-0.05, 0) is 47.2 Å². The number of nitrogens with one attached hydrogen (secondary N) is 1. The maximum atomic E-state index is 12.7. The van der Waals surface area contributed by atoms with Gasteiger partial charge in [0.25, 0.3) is 11.6 Å². The molecule has 6 rings (SSSR count). The third-order valence-corrected chi connectivity index (χ3v) is 6.85. The van der Waals surface area contributed by atoms with Crippen molar-refractivity contribution in [3.05, 3.63) is 112 Å². The average molecular weight is 493 g/mol. The first-order valence-corrected chi connectivity index (χ1v) is 11.8. The second-order valence-electron chi connectivity index (χ2n) is 8.01. The number of benzene rings is 4. The Morgan fingerprint density at radius 2 is 1.72 bits per heavy atom. The van der Waals surface area contributed by atoms with E-state index in [1.807, 2.05) is 66.7 Å². The van der Waals surface area contributed by atoms with E-state index < -0.39 is 10.8 Å². The lowest BCUT2D eigenvalue weighted by molar-refractivity contribution is -0.384. The fourth-order valence-electron chi connectivity index (χ4n) is 4.00. The lowest BCUT2D eigenvalue weighted by Crippen LogP contribution is -2.22. The Morgan fingerprint density at radius 1 is 0.944 bits per heavy atom. The Kier molecular flexibility index (Phi) is 5.24. The molecule has 0 unspecified atom stereocenters. The molecule has 4 aromatic carbocycles. The van der Waals surface area contributed by atoms with Crippen LogP contribution in [0.25, 0.3) is 42.5 Å². The molecule has 8 nitrogen and oxygen atoms in total. The standard InChI is InChI=1S/C27H16N4O4S/c32-25(17-9-12-18(13-10-17)31(33)34)29-30-26-21(27-28-22-7-3-4-8-24(22)36-27)15-20-19-6-2-1-5-16(19)11-14-23(20)35-26/h1-15H,(H,29,32). The van der Waals surface area contributed by atoms with Crippen molar-refractivity contribution >= 4 is 54.9 Å². The van der Waals surface area contributed by atoms with Crippen molar-refractivity contribution < 1.29 is 14.1 Å². The smallest absolute Gasteiger partial charge is 0.271 e. The maximum absolute atomic E-state index is 12.7. The van der Waals surface area contributed by atoms with Crippen molar-refractivity contribution in [2.45, 2.75) is 0 Å². The highest BCUT2D eigenvalue weighted by Crippen LogP contribution is 2.32. The minimum absolute atomic E-state index is 0.0987. The van der Waals surface area contributed by atoms with Gasteiger partial charge in [0.1, 0.15) is 10.6 Å². The molecule has 2 heterocycles. The number of carbonyl (C=O) groups is 1. The summed E-state index contributed by atoms with van der Waals surface area (Å²) in [5.74, 6) is -0.519. The Labute approximate surface area is 207 Å². The fraction of sp³-hybridized carbons (Fsp3) is 0. The molecule has 9 heteroatoms. The zero-order valence-corrected chi connectivity index (χ0v) is 19.4. The van der Waals surface area contributed by atoms with E-state index in [1.165, 1.54) is 35.6 Å². The summed E-state index contributed by atoms with van der Waals surface area (Å²) in [7, 11) is 0. The number of rotatable bonds is 4. The molecule has 1 amide bonds. The summed E-state index contributed by atoms with van der Waals surface area (Å²) >= 11 is 1.51. The van der Waals surface area contributed by atoms with Crippen molar-refractivity contribution in [2.24, 2.45) is 5.10 Å². The van der Waals surface area contributed by atoms with E-state index in [0.29, 0.717) is 16.2 Å². The van der Waals surface area contributed by atoms with Crippen LogP contribution in [0.15, 0.2) is 101 Å². The number of amides is 1. The molecule has 6 aromatic rings. The third kappa shape index (κ3) is 3.87. The van der Waals surface area contributed by atoms with E-state index in [4.69, 9.17) is 9.40 Å². The van der Waals surface area contributed by atoms with Crippen molar-refractivity contribution in [3.63, 3.8) is 0 Å². The first-order valence-electron chi connectivity index (χ1n) is 11.0. The Balaban J connectivity index is 1.50. The molecule has 36 heavy (non-hydrogen) atoms. The number of fused-ring (bicyclic) bond motifs is 4. The van der Waals surface area contributed by atoms with Crippen molar-refractivity contribution in [1.29, 1.82) is 0 Å². The molecule has 0 aliphatic heterocycles. The van der Waals surface area contributed by atoms with Gasteiger partial charge in [0.2, 0.25) is 5.55 Å². The number of non-ortho nitro benzene ring substituents is 1. The van der Waals surface area contributed by atoms with Crippen LogP contribution >= 0.6 is 11.3 Å². The maximum Gasteiger partial charge on any atom is 0.271 e. The van der Waals surface area contributed by atoms with E-state index in [0.717, 1.165) is 26.4 Å². The lowest BCUT2D eigenvalue weighted by atomic mass is 10.0.